The van der Waals surface area contributed by atoms with E-state index in [1.54, 1.807) is 6.07 Å². The average Bonchev–Trinajstić information content (AvgIpc) is 3.13. The van der Waals surface area contributed by atoms with Crippen LogP contribution in [0.2, 0.25) is 0 Å². The van der Waals surface area contributed by atoms with Crippen molar-refractivity contribution < 1.29 is 4.74 Å². The third-order valence-corrected chi connectivity index (χ3v) is 3.75. The molecule has 3 rings (SSSR count). The van der Waals surface area contributed by atoms with Gasteiger partial charge in [-0.25, -0.2) is 10.8 Å². The predicted octanol–water partition coefficient (Wildman–Crippen LogP) is 2.21. The standard InChI is InChI=1S/C13H20N4O/c14-17-11-7-12(16-13(15-11)10-5-6-10)18-8-9-3-1-2-4-9/h7,9-10H,1-6,8,14H2,(H,15,16,17). The lowest BCUT2D eigenvalue weighted by molar-refractivity contribution is 0.242. The molecule has 0 unspecified atom stereocenters. The predicted molar refractivity (Wildman–Crippen MR) is 69.3 cm³/mol. The minimum absolute atomic E-state index is 0.507. The maximum atomic E-state index is 5.80. The molecule has 5 heteroatoms. The van der Waals surface area contributed by atoms with E-state index in [2.05, 4.69) is 15.4 Å². The Balaban J connectivity index is 1.67. The van der Waals surface area contributed by atoms with Crippen LogP contribution in [0.4, 0.5) is 5.82 Å². The van der Waals surface area contributed by atoms with Gasteiger partial charge in [-0.15, -0.1) is 0 Å². The normalized spacial score (nSPS) is 20.1. The molecule has 0 bridgehead atoms. The van der Waals surface area contributed by atoms with Gasteiger partial charge < -0.3 is 10.2 Å². The first kappa shape index (κ1) is 11.7. The Kier molecular flexibility index (Phi) is 3.32. The number of hydrogen-bond acceptors (Lipinski definition) is 5. The molecule has 0 aliphatic heterocycles. The second-order valence-corrected chi connectivity index (χ2v) is 5.33. The van der Waals surface area contributed by atoms with Crippen LogP contribution in [0.5, 0.6) is 5.88 Å². The number of nitrogen functional groups attached to an aromatic ring is 1. The van der Waals surface area contributed by atoms with E-state index in [0.29, 0.717) is 23.5 Å². The Bertz CT molecular complexity index is 413. The van der Waals surface area contributed by atoms with Crippen LogP contribution in [0.1, 0.15) is 50.3 Å². The maximum Gasteiger partial charge on any atom is 0.218 e. The lowest BCUT2D eigenvalue weighted by atomic mass is 10.1. The number of hydrazine groups is 1. The summed E-state index contributed by atoms with van der Waals surface area (Å²) in [7, 11) is 0. The fraction of sp³-hybridized carbons (Fsp3) is 0.692. The highest BCUT2D eigenvalue weighted by Crippen LogP contribution is 2.39. The summed E-state index contributed by atoms with van der Waals surface area (Å²) >= 11 is 0. The van der Waals surface area contributed by atoms with E-state index >= 15 is 0 Å². The lowest BCUT2D eigenvalue weighted by Crippen LogP contribution is -2.13. The Morgan fingerprint density at radius 3 is 2.67 bits per heavy atom. The van der Waals surface area contributed by atoms with Gasteiger partial charge in [0, 0.05) is 12.0 Å². The summed E-state index contributed by atoms with van der Waals surface area (Å²) in [6.07, 6.45) is 7.58. The van der Waals surface area contributed by atoms with E-state index in [1.807, 2.05) is 0 Å². The number of nitrogens with one attached hydrogen (secondary N) is 1. The van der Waals surface area contributed by atoms with Crippen molar-refractivity contribution in [3.8, 4) is 5.88 Å². The van der Waals surface area contributed by atoms with Crippen molar-refractivity contribution in [3.63, 3.8) is 0 Å². The zero-order valence-corrected chi connectivity index (χ0v) is 10.6. The molecular weight excluding hydrogens is 228 g/mol. The molecule has 2 saturated carbocycles. The molecule has 2 aliphatic carbocycles. The van der Waals surface area contributed by atoms with Crippen molar-refractivity contribution in [1.29, 1.82) is 0 Å². The average molecular weight is 248 g/mol. The van der Waals surface area contributed by atoms with Crippen LogP contribution >= 0.6 is 0 Å². The zero-order chi connectivity index (χ0) is 12.4. The first-order valence-electron chi connectivity index (χ1n) is 6.83. The summed E-state index contributed by atoms with van der Waals surface area (Å²) in [6.45, 7) is 0.769. The highest BCUT2D eigenvalue weighted by atomic mass is 16.5. The summed E-state index contributed by atoms with van der Waals surface area (Å²) in [5, 5.41) is 0. The monoisotopic (exact) mass is 248 g/mol. The number of nitrogens with zero attached hydrogens (tertiary/aromatic N) is 2. The Morgan fingerprint density at radius 1 is 1.22 bits per heavy atom. The third kappa shape index (κ3) is 2.72. The quantitative estimate of drug-likeness (QED) is 0.617. The van der Waals surface area contributed by atoms with Crippen molar-refractivity contribution in [2.45, 2.75) is 44.4 Å². The molecule has 0 radical (unpaired) electrons. The van der Waals surface area contributed by atoms with Crippen LogP contribution in [0.3, 0.4) is 0 Å². The van der Waals surface area contributed by atoms with E-state index in [4.69, 9.17) is 10.6 Å². The van der Waals surface area contributed by atoms with Crippen molar-refractivity contribution in [2.24, 2.45) is 11.8 Å². The summed E-state index contributed by atoms with van der Waals surface area (Å²) in [4.78, 5) is 8.84. The van der Waals surface area contributed by atoms with Crippen LogP contribution in [-0.4, -0.2) is 16.6 Å². The van der Waals surface area contributed by atoms with Crippen LogP contribution < -0.4 is 16.0 Å². The molecule has 1 aromatic rings. The second kappa shape index (κ2) is 5.10. The van der Waals surface area contributed by atoms with E-state index in [-0.39, 0.29) is 0 Å². The van der Waals surface area contributed by atoms with Crippen molar-refractivity contribution in [2.75, 3.05) is 12.0 Å². The Morgan fingerprint density at radius 2 is 2.00 bits per heavy atom. The molecule has 18 heavy (non-hydrogen) atoms. The van der Waals surface area contributed by atoms with Crippen LogP contribution in [0.15, 0.2) is 6.07 Å². The van der Waals surface area contributed by atoms with Gasteiger partial charge in [-0.1, -0.05) is 12.8 Å². The first-order valence-corrected chi connectivity index (χ1v) is 6.83. The molecule has 5 nitrogen and oxygen atoms in total. The van der Waals surface area contributed by atoms with Gasteiger partial charge in [0.05, 0.1) is 6.61 Å². The largest absolute Gasteiger partial charge is 0.477 e. The van der Waals surface area contributed by atoms with Crippen molar-refractivity contribution >= 4 is 5.82 Å². The molecule has 0 saturated heterocycles. The number of nitrogens with two attached hydrogens (primary N) is 1. The highest BCUT2D eigenvalue weighted by Gasteiger charge is 2.27. The summed E-state index contributed by atoms with van der Waals surface area (Å²) in [6, 6.07) is 1.78. The lowest BCUT2D eigenvalue weighted by Gasteiger charge is -2.12. The van der Waals surface area contributed by atoms with Gasteiger partial charge in [0.25, 0.3) is 0 Å². The summed E-state index contributed by atoms with van der Waals surface area (Å²) in [5.74, 6) is 8.80. The van der Waals surface area contributed by atoms with Crippen molar-refractivity contribution in [3.05, 3.63) is 11.9 Å². The van der Waals surface area contributed by atoms with Crippen molar-refractivity contribution in [1.82, 2.24) is 9.97 Å². The second-order valence-electron chi connectivity index (χ2n) is 5.33. The minimum atomic E-state index is 0.507. The molecule has 0 aromatic carbocycles. The third-order valence-electron chi connectivity index (χ3n) is 3.75. The van der Waals surface area contributed by atoms with Crippen LogP contribution in [0.25, 0.3) is 0 Å². The fourth-order valence-corrected chi connectivity index (χ4v) is 2.50. The van der Waals surface area contributed by atoms with Gasteiger partial charge in [0.2, 0.25) is 5.88 Å². The number of aromatic nitrogens is 2. The topological polar surface area (TPSA) is 73.1 Å². The van der Waals surface area contributed by atoms with Gasteiger partial charge in [-0.05, 0) is 31.6 Å². The van der Waals surface area contributed by atoms with Crippen LogP contribution in [-0.2, 0) is 0 Å². The molecule has 1 aromatic heterocycles. The smallest absolute Gasteiger partial charge is 0.218 e. The van der Waals surface area contributed by atoms with E-state index in [1.165, 1.54) is 38.5 Å². The van der Waals surface area contributed by atoms with Gasteiger partial charge in [0.15, 0.2) is 0 Å². The Hall–Kier alpha value is -1.36. The number of ether oxygens (including phenoxy) is 1. The van der Waals surface area contributed by atoms with Gasteiger partial charge in [-0.3, -0.25) is 0 Å². The number of rotatable bonds is 5. The molecule has 3 N–H and O–H groups in total. The maximum absolute atomic E-state index is 5.80. The molecule has 0 amide bonds. The zero-order valence-electron chi connectivity index (χ0n) is 10.6. The molecule has 2 aliphatic rings. The molecule has 0 spiro atoms. The van der Waals surface area contributed by atoms with Gasteiger partial charge in [0.1, 0.15) is 11.6 Å². The Labute approximate surface area is 107 Å². The first-order chi connectivity index (χ1) is 8.85. The van der Waals surface area contributed by atoms with Crippen LogP contribution in [0, 0.1) is 5.92 Å². The van der Waals surface area contributed by atoms with E-state index in [0.717, 1.165) is 12.4 Å². The summed E-state index contributed by atoms with van der Waals surface area (Å²) in [5.41, 5.74) is 2.59. The highest BCUT2D eigenvalue weighted by molar-refractivity contribution is 5.38. The number of hydrogen-bond donors (Lipinski definition) is 2. The SMILES string of the molecule is NNc1cc(OCC2CCCC2)nc(C2CC2)n1. The molecule has 98 valence electrons. The number of anilines is 1. The van der Waals surface area contributed by atoms with E-state index in [9.17, 15) is 0 Å². The minimum Gasteiger partial charge on any atom is -0.477 e. The molecular formula is C13H20N4O. The molecule has 0 atom stereocenters. The van der Waals surface area contributed by atoms with Gasteiger partial charge in [-0.2, -0.15) is 4.98 Å². The fourth-order valence-electron chi connectivity index (χ4n) is 2.50. The summed E-state index contributed by atoms with van der Waals surface area (Å²) < 4.78 is 5.80. The molecule has 1 heterocycles. The van der Waals surface area contributed by atoms with Gasteiger partial charge >= 0.3 is 0 Å². The van der Waals surface area contributed by atoms with E-state index < -0.39 is 0 Å². The molecule has 2 fully saturated rings.